The summed E-state index contributed by atoms with van der Waals surface area (Å²) in [5.74, 6) is -0.203. The summed E-state index contributed by atoms with van der Waals surface area (Å²) in [6, 6.07) is 6.51. The van der Waals surface area contributed by atoms with Crippen LogP contribution in [0.25, 0.3) is 0 Å². The van der Waals surface area contributed by atoms with Gasteiger partial charge in [0, 0.05) is 25.8 Å². The van der Waals surface area contributed by atoms with Crippen LogP contribution in [0.4, 0.5) is 10.1 Å². The van der Waals surface area contributed by atoms with Gasteiger partial charge in [-0.25, -0.2) is 4.39 Å². The van der Waals surface area contributed by atoms with Gasteiger partial charge in [-0.15, -0.1) is 0 Å². The van der Waals surface area contributed by atoms with E-state index in [1.807, 2.05) is 7.05 Å². The Labute approximate surface area is 103 Å². The first-order valence-electron chi connectivity index (χ1n) is 5.97. The second-order valence-electron chi connectivity index (χ2n) is 4.26. The number of likely N-dealkylation sites (N-methyl/N-ethyl adjacent to an activating group) is 1. The Balaban J connectivity index is 2.40. The average molecular weight is 236 g/mol. The van der Waals surface area contributed by atoms with E-state index < -0.39 is 0 Å². The molecule has 94 valence electrons. The molecule has 0 aromatic heterocycles. The maximum absolute atomic E-state index is 12.8. The van der Waals surface area contributed by atoms with Gasteiger partial charge in [-0.1, -0.05) is 13.5 Å². The number of hydrogen-bond acceptors (Lipinski definition) is 2. The lowest BCUT2D eigenvalue weighted by atomic mass is 10.2. The molecule has 0 saturated carbocycles. The van der Waals surface area contributed by atoms with E-state index in [-0.39, 0.29) is 5.82 Å². The van der Waals surface area contributed by atoms with E-state index in [9.17, 15) is 4.39 Å². The molecule has 0 aliphatic heterocycles. The van der Waals surface area contributed by atoms with Gasteiger partial charge in [0.1, 0.15) is 5.82 Å². The van der Waals surface area contributed by atoms with Crippen molar-refractivity contribution in [3.8, 4) is 0 Å². The molecule has 0 aliphatic rings. The SMILES string of the molecule is C=C(CNCCC)CN(C)c1ccc(F)cc1. The molecule has 0 saturated heterocycles. The molecule has 1 rings (SSSR count). The topological polar surface area (TPSA) is 15.3 Å². The number of anilines is 1. The Morgan fingerprint density at radius 1 is 1.35 bits per heavy atom. The van der Waals surface area contributed by atoms with Crippen molar-refractivity contribution in [1.82, 2.24) is 5.32 Å². The number of rotatable bonds is 7. The second kappa shape index (κ2) is 7.07. The standard InChI is InChI=1S/C14H21FN2/c1-4-9-16-10-12(2)11-17(3)14-7-5-13(15)6-8-14/h5-8,16H,2,4,9-11H2,1,3H3. The summed E-state index contributed by atoms with van der Waals surface area (Å²) < 4.78 is 12.8. The fourth-order valence-corrected chi connectivity index (χ4v) is 1.62. The van der Waals surface area contributed by atoms with Crippen LogP contribution in [0.1, 0.15) is 13.3 Å². The van der Waals surface area contributed by atoms with Crippen molar-refractivity contribution in [2.24, 2.45) is 0 Å². The zero-order valence-corrected chi connectivity index (χ0v) is 10.7. The third-order valence-electron chi connectivity index (χ3n) is 2.53. The van der Waals surface area contributed by atoms with Crippen molar-refractivity contribution in [1.29, 1.82) is 0 Å². The minimum atomic E-state index is -0.203. The Kier molecular flexibility index (Phi) is 5.70. The molecule has 0 spiro atoms. The Bertz CT molecular complexity index is 346. The molecule has 1 aromatic rings. The first kappa shape index (κ1) is 13.7. The van der Waals surface area contributed by atoms with E-state index in [1.165, 1.54) is 12.1 Å². The molecule has 3 heteroatoms. The summed E-state index contributed by atoms with van der Waals surface area (Å²) in [6.07, 6.45) is 1.13. The lowest BCUT2D eigenvalue weighted by Gasteiger charge is -2.20. The second-order valence-corrected chi connectivity index (χ2v) is 4.26. The van der Waals surface area contributed by atoms with Crippen LogP contribution in [0.3, 0.4) is 0 Å². The molecule has 2 nitrogen and oxygen atoms in total. The van der Waals surface area contributed by atoms with Gasteiger partial charge in [0.05, 0.1) is 0 Å². The van der Waals surface area contributed by atoms with Crippen molar-refractivity contribution in [2.75, 3.05) is 31.6 Å². The van der Waals surface area contributed by atoms with E-state index in [0.717, 1.165) is 37.3 Å². The molecule has 0 amide bonds. The van der Waals surface area contributed by atoms with Gasteiger partial charge in [0.2, 0.25) is 0 Å². The minimum absolute atomic E-state index is 0.203. The largest absolute Gasteiger partial charge is 0.371 e. The molecule has 0 fully saturated rings. The van der Waals surface area contributed by atoms with Crippen LogP contribution in [0.5, 0.6) is 0 Å². The van der Waals surface area contributed by atoms with Crippen LogP contribution in [-0.4, -0.2) is 26.7 Å². The van der Waals surface area contributed by atoms with E-state index in [0.29, 0.717) is 0 Å². The fraction of sp³-hybridized carbons (Fsp3) is 0.429. The molecular formula is C14H21FN2. The predicted molar refractivity (Wildman–Crippen MR) is 72.0 cm³/mol. The monoisotopic (exact) mass is 236 g/mol. The first-order valence-corrected chi connectivity index (χ1v) is 5.97. The Morgan fingerprint density at radius 3 is 2.59 bits per heavy atom. The number of nitrogens with one attached hydrogen (secondary N) is 1. The van der Waals surface area contributed by atoms with Gasteiger partial charge in [0.25, 0.3) is 0 Å². The number of halogens is 1. The molecule has 0 bridgehead atoms. The van der Waals surface area contributed by atoms with Crippen molar-refractivity contribution >= 4 is 5.69 Å². The Hall–Kier alpha value is -1.35. The van der Waals surface area contributed by atoms with Gasteiger partial charge in [-0.2, -0.15) is 0 Å². The molecule has 17 heavy (non-hydrogen) atoms. The minimum Gasteiger partial charge on any atom is -0.371 e. The highest BCUT2D eigenvalue weighted by Crippen LogP contribution is 2.13. The first-order chi connectivity index (χ1) is 8.13. The zero-order chi connectivity index (χ0) is 12.7. The van der Waals surface area contributed by atoms with Crippen LogP contribution < -0.4 is 10.2 Å². The molecule has 1 N–H and O–H groups in total. The molecule has 0 radical (unpaired) electrons. The summed E-state index contributed by atoms with van der Waals surface area (Å²) in [7, 11) is 1.98. The molecule has 0 unspecified atom stereocenters. The van der Waals surface area contributed by atoms with Gasteiger partial charge in [-0.05, 0) is 42.8 Å². The van der Waals surface area contributed by atoms with Gasteiger partial charge in [0.15, 0.2) is 0 Å². The Morgan fingerprint density at radius 2 is 2.00 bits per heavy atom. The van der Waals surface area contributed by atoms with E-state index in [2.05, 4.69) is 23.7 Å². The summed E-state index contributed by atoms with van der Waals surface area (Å²) in [6.45, 7) is 8.80. The fourth-order valence-electron chi connectivity index (χ4n) is 1.62. The van der Waals surface area contributed by atoms with Crippen molar-refractivity contribution in [3.05, 3.63) is 42.2 Å². The predicted octanol–water partition coefficient (Wildman–Crippen LogP) is 2.82. The molecule has 0 atom stereocenters. The normalized spacial score (nSPS) is 10.3. The van der Waals surface area contributed by atoms with Crippen LogP contribution >= 0.6 is 0 Å². The quantitative estimate of drug-likeness (QED) is 0.578. The number of hydrogen-bond donors (Lipinski definition) is 1. The van der Waals surface area contributed by atoms with Gasteiger partial charge in [-0.3, -0.25) is 0 Å². The van der Waals surface area contributed by atoms with E-state index in [4.69, 9.17) is 0 Å². The number of benzene rings is 1. The lowest BCUT2D eigenvalue weighted by molar-refractivity contribution is 0.627. The maximum atomic E-state index is 12.8. The van der Waals surface area contributed by atoms with Gasteiger partial charge < -0.3 is 10.2 Å². The maximum Gasteiger partial charge on any atom is 0.123 e. The van der Waals surface area contributed by atoms with Crippen molar-refractivity contribution in [3.63, 3.8) is 0 Å². The van der Waals surface area contributed by atoms with E-state index >= 15 is 0 Å². The average Bonchev–Trinajstić information content (AvgIpc) is 2.30. The summed E-state index contributed by atoms with van der Waals surface area (Å²) in [5, 5.41) is 3.31. The number of nitrogens with zero attached hydrogens (tertiary/aromatic N) is 1. The molecule has 1 aromatic carbocycles. The molecule has 0 heterocycles. The summed E-state index contributed by atoms with van der Waals surface area (Å²) in [5.41, 5.74) is 2.13. The third kappa shape index (κ3) is 5.00. The van der Waals surface area contributed by atoms with Crippen LogP contribution in [0.2, 0.25) is 0 Å². The summed E-state index contributed by atoms with van der Waals surface area (Å²) >= 11 is 0. The van der Waals surface area contributed by atoms with Crippen molar-refractivity contribution in [2.45, 2.75) is 13.3 Å². The zero-order valence-electron chi connectivity index (χ0n) is 10.7. The third-order valence-corrected chi connectivity index (χ3v) is 2.53. The van der Waals surface area contributed by atoms with Crippen LogP contribution in [-0.2, 0) is 0 Å². The highest BCUT2D eigenvalue weighted by atomic mass is 19.1. The van der Waals surface area contributed by atoms with Crippen LogP contribution in [0.15, 0.2) is 36.4 Å². The highest BCUT2D eigenvalue weighted by Gasteiger charge is 2.02. The van der Waals surface area contributed by atoms with Crippen LogP contribution in [0, 0.1) is 5.82 Å². The smallest absolute Gasteiger partial charge is 0.123 e. The van der Waals surface area contributed by atoms with Gasteiger partial charge >= 0.3 is 0 Å². The van der Waals surface area contributed by atoms with E-state index in [1.54, 1.807) is 12.1 Å². The van der Waals surface area contributed by atoms with Crippen molar-refractivity contribution < 1.29 is 4.39 Å². The molecule has 0 aliphatic carbocycles. The molecular weight excluding hydrogens is 215 g/mol. The highest BCUT2D eigenvalue weighted by molar-refractivity contribution is 5.46. The summed E-state index contributed by atoms with van der Waals surface area (Å²) in [4.78, 5) is 2.06. The lowest BCUT2D eigenvalue weighted by Crippen LogP contribution is -2.26.